The van der Waals surface area contributed by atoms with Crippen LogP contribution in [-0.2, 0) is 4.79 Å². The molecule has 4 nitrogen and oxygen atoms in total. The van der Waals surface area contributed by atoms with Crippen molar-refractivity contribution >= 4 is 35.1 Å². The summed E-state index contributed by atoms with van der Waals surface area (Å²) in [5.74, 6) is -3.27. The van der Waals surface area contributed by atoms with E-state index in [4.69, 9.17) is 0 Å². The number of nitrogens with one attached hydrogen (secondary N) is 1. The van der Waals surface area contributed by atoms with Crippen LogP contribution < -0.4 is 5.32 Å². The summed E-state index contributed by atoms with van der Waals surface area (Å²) in [6, 6.07) is 12.4. The van der Waals surface area contributed by atoms with E-state index in [1.165, 1.54) is 18.2 Å². The molecule has 0 bridgehead atoms. The number of nitrogens with zero attached hydrogens (tertiary/aromatic N) is 2. The van der Waals surface area contributed by atoms with Crippen molar-refractivity contribution in [3.8, 4) is 5.69 Å². The number of carbonyl (C=O) groups excluding carboxylic acids is 1. The lowest BCUT2D eigenvalue weighted by Gasteiger charge is -2.11. The molecule has 0 fully saturated rings. The largest absolute Gasteiger partial charge is 0.324 e. The summed E-state index contributed by atoms with van der Waals surface area (Å²) in [5, 5.41) is 3.16. The highest BCUT2D eigenvalue weighted by Crippen LogP contribution is 2.31. The first-order valence-corrected chi connectivity index (χ1v) is 9.65. The molecule has 1 N–H and O–H groups in total. The van der Waals surface area contributed by atoms with Gasteiger partial charge in [-0.25, -0.2) is 9.37 Å². The van der Waals surface area contributed by atoms with Crippen LogP contribution in [0.25, 0.3) is 5.69 Å². The molecule has 0 atom stereocenters. The highest BCUT2D eigenvalue weighted by atomic mass is 32.2. The zero-order valence-corrected chi connectivity index (χ0v) is 15.4. The van der Waals surface area contributed by atoms with Crippen molar-refractivity contribution in [2.24, 2.45) is 0 Å². The average Bonchev–Trinajstić information content (AvgIpc) is 3.10. The van der Waals surface area contributed by atoms with E-state index in [1.807, 2.05) is 0 Å². The third-order valence-corrected chi connectivity index (χ3v) is 5.16. The van der Waals surface area contributed by atoms with Crippen LogP contribution in [0.5, 0.6) is 0 Å². The van der Waals surface area contributed by atoms with Gasteiger partial charge in [-0.1, -0.05) is 41.7 Å². The van der Waals surface area contributed by atoms with Gasteiger partial charge in [0, 0.05) is 17.3 Å². The van der Waals surface area contributed by atoms with Crippen LogP contribution >= 0.6 is 23.5 Å². The van der Waals surface area contributed by atoms with Crippen molar-refractivity contribution < 1.29 is 18.0 Å². The number of amides is 1. The van der Waals surface area contributed by atoms with E-state index in [0.29, 0.717) is 33.2 Å². The first kappa shape index (κ1) is 19.4. The van der Waals surface area contributed by atoms with E-state index in [9.17, 15) is 18.0 Å². The predicted octanol–water partition coefficient (Wildman–Crippen LogP) is 5.06. The Balaban J connectivity index is 1.65. The lowest BCUT2D eigenvalue weighted by molar-refractivity contribution is -0.113. The summed E-state index contributed by atoms with van der Waals surface area (Å²) in [6.07, 6.45) is 3.23. The van der Waals surface area contributed by atoms with Crippen molar-refractivity contribution in [3.63, 3.8) is 0 Å². The van der Waals surface area contributed by atoms with Gasteiger partial charge in [0.2, 0.25) is 5.91 Å². The maximum atomic E-state index is 13.4. The van der Waals surface area contributed by atoms with E-state index in [-0.39, 0.29) is 17.5 Å². The van der Waals surface area contributed by atoms with Gasteiger partial charge in [0.25, 0.3) is 5.76 Å². The van der Waals surface area contributed by atoms with E-state index >= 15 is 0 Å². The molecule has 1 aromatic heterocycles. The van der Waals surface area contributed by atoms with Gasteiger partial charge in [-0.3, -0.25) is 9.36 Å². The second-order valence-electron chi connectivity index (χ2n) is 5.27. The molecule has 2 aromatic carbocycles. The topological polar surface area (TPSA) is 46.9 Å². The Hall–Kier alpha value is -2.39. The minimum atomic E-state index is -2.57. The molecule has 0 aliphatic carbocycles. The summed E-state index contributed by atoms with van der Waals surface area (Å²) in [5.41, 5.74) is 0.927. The molecule has 0 saturated carbocycles. The summed E-state index contributed by atoms with van der Waals surface area (Å²) in [6.45, 7) is 0. The van der Waals surface area contributed by atoms with Crippen LogP contribution in [0.2, 0.25) is 0 Å². The first-order chi connectivity index (χ1) is 13.0. The zero-order chi connectivity index (χ0) is 19.2. The Morgan fingerprint density at radius 2 is 2.00 bits per heavy atom. The van der Waals surface area contributed by atoms with E-state index in [2.05, 4.69) is 10.3 Å². The number of alkyl halides is 2. The number of hydrogen-bond donors (Lipinski definition) is 1. The summed E-state index contributed by atoms with van der Waals surface area (Å²) >= 11 is 1.54. The molecule has 0 aliphatic heterocycles. The van der Waals surface area contributed by atoms with Crippen molar-refractivity contribution in [1.29, 1.82) is 0 Å². The summed E-state index contributed by atoms with van der Waals surface area (Å²) in [7, 11) is 0. The lowest BCUT2D eigenvalue weighted by atomic mass is 10.3. The standard InChI is InChI=1S/C18H14F3N3OS2/c19-12-4-3-5-13(10-12)24-9-8-22-18(24)26-11-16(25)23-14-6-1-2-7-15(14)27-17(20)21/h1-10,17H,11H2,(H,23,25). The molecule has 1 amide bonds. The fourth-order valence-corrected chi connectivity index (χ4v) is 3.67. The highest BCUT2D eigenvalue weighted by Gasteiger charge is 2.13. The summed E-state index contributed by atoms with van der Waals surface area (Å²) in [4.78, 5) is 16.7. The molecule has 0 saturated heterocycles. The van der Waals surface area contributed by atoms with Gasteiger partial charge in [-0.2, -0.15) is 8.78 Å². The SMILES string of the molecule is O=C(CSc1nccn1-c1cccc(F)c1)Nc1ccccc1SC(F)F. The van der Waals surface area contributed by atoms with Crippen LogP contribution in [0.4, 0.5) is 18.9 Å². The molecule has 9 heteroatoms. The number of anilines is 1. The number of rotatable bonds is 7. The van der Waals surface area contributed by atoms with Gasteiger partial charge in [-0.05, 0) is 30.3 Å². The zero-order valence-electron chi connectivity index (χ0n) is 13.8. The number of benzene rings is 2. The molecule has 3 rings (SSSR count). The number of thioether (sulfide) groups is 2. The average molecular weight is 409 g/mol. The third kappa shape index (κ3) is 5.30. The Bertz CT molecular complexity index is 933. The van der Waals surface area contributed by atoms with Gasteiger partial charge >= 0.3 is 0 Å². The molecular weight excluding hydrogens is 395 g/mol. The lowest BCUT2D eigenvalue weighted by Crippen LogP contribution is -2.15. The van der Waals surface area contributed by atoms with Gasteiger partial charge < -0.3 is 5.32 Å². The molecule has 3 aromatic rings. The van der Waals surface area contributed by atoms with Crippen LogP contribution in [0.1, 0.15) is 0 Å². The Labute approximate surface area is 162 Å². The maximum absolute atomic E-state index is 13.4. The second-order valence-corrected chi connectivity index (χ2v) is 7.25. The Morgan fingerprint density at radius 1 is 1.19 bits per heavy atom. The third-order valence-electron chi connectivity index (χ3n) is 3.40. The maximum Gasteiger partial charge on any atom is 0.288 e. The number of hydrogen-bond acceptors (Lipinski definition) is 4. The summed E-state index contributed by atoms with van der Waals surface area (Å²) < 4.78 is 40.3. The number of para-hydroxylation sites is 1. The Morgan fingerprint density at radius 3 is 2.78 bits per heavy atom. The Kier molecular flexibility index (Phi) is 6.46. The van der Waals surface area contributed by atoms with Crippen LogP contribution in [0.3, 0.4) is 0 Å². The smallest absolute Gasteiger partial charge is 0.288 e. The molecule has 0 aliphatic rings. The minimum absolute atomic E-state index is 0.0278. The molecule has 0 unspecified atom stereocenters. The number of aromatic nitrogens is 2. The highest BCUT2D eigenvalue weighted by molar-refractivity contribution is 8.00. The first-order valence-electron chi connectivity index (χ1n) is 7.78. The predicted molar refractivity (Wildman–Crippen MR) is 101 cm³/mol. The van der Waals surface area contributed by atoms with Gasteiger partial charge in [0.1, 0.15) is 5.82 Å². The fraction of sp³-hybridized carbons (Fsp3) is 0.111. The van der Waals surface area contributed by atoms with E-state index < -0.39 is 5.76 Å². The second kappa shape index (κ2) is 9.01. The fourth-order valence-electron chi connectivity index (χ4n) is 2.30. The van der Waals surface area contributed by atoms with Crippen molar-refractivity contribution in [2.75, 3.05) is 11.1 Å². The quantitative estimate of drug-likeness (QED) is 0.555. The minimum Gasteiger partial charge on any atom is -0.324 e. The normalized spacial score (nSPS) is 11.0. The van der Waals surface area contributed by atoms with Crippen molar-refractivity contribution in [1.82, 2.24) is 9.55 Å². The van der Waals surface area contributed by atoms with Crippen molar-refractivity contribution in [3.05, 3.63) is 66.7 Å². The number of carbonyl (C=O) groups is 1. The van der Waals surface area contributed by atoms with E-state index in [0.717, 1.165) is 11.8 Å². The van der Waals surface area contributed by atoms with Crippen LogP contribution in [-0.4, -0.2) is 27.0 Å². The molecule has 27 heavy (non-hydrogen) atoms. The van der Waals surface area contributed by atoms with Gasteiger partial charge in [0.15, 0.2) is 5.16 Å². The van der Waals surface area contributed by atoms with Crippen molar-refractivity contribution in [2.45, 2.75) is 15.8 Å². The van der Waals surface area contributed by atoms with Crippen LogP contribution in [0.15, 0.2) is 71.0 Å². The monoisotopic (exact) mass is 409 g/mol. The van der Waals surface area contributed by atoms with Crippen LogP contribution in [0, 0.1) is 5.82 Å². The van der Waals surface area contributed by atoms with E-state index in [1.54, 1.807) is 47.3 Å². The molecule has 1 heterocycles. The number of imidazole rings is 1. The molecular formula is C18H14F3N3OS2. The molecule has 140 valence electrons. The molecule has 0 spiro atoms. The molecule has 0 radical (unpaired) electrons. The van der Waals surface area contributed by atoms with Gasteiger partial charge in [-0.15, -0.1) is 0 Å². The van der Waals surface area contributed by atoms with Gasteiger partial charge in [0.05, 0.1) is 17.1 Å². The number of halogens is 3.